The lowest BCUT2D eigenvalue weighted by molar-refractivity contribution is -0.403. The van der Waals surface area contributed by atoms with Crippen molar-refractivity contribution in [3.8, 4) is 0 Å². The molecule has 30 atom stereocenters. The minimum atomic E-state index is -2.15. The Hall–Kier alpha value is -1.20. The number of ether oxygens (including phenoxy) is 12. The molecular weight excluding hydrogens is 924 g/mol. The lowest BCUT2D eigenvalue weighted by Crippen LogP contribution is -2.69. The van der Waals surface area contributed by atoms with Crippen molar-refractivity contribution in [3.63, 3.8) is 0 Å². The maximum Gasteiger partial charge on any atom is 0.187 e. The van der Waals surface area contributed by atoms with E-state index in [9.17, 15) is 91.9 Å². The van der Waals surface area contributed by atoms with Gasteiger partial charge in [0.2, 0.25) is 0 Å². The summed E-state index contributed by atoms with van der Waals surface area (Å²) in [5.41, 5.74) is 0. The molecule has 12 unspecified atom stereocenters. The first-order chi connectivity index (χ1) is 31.9. The first-order valence-electron chi connectivity index (χ1n) is 21.6. The predicted molar refractivity (Wildman–Crippen MR) is 200 cm³/mol. The molecule has 12 bridgehead atoms. The van der Waals surface area contributed by atoms with Crippen molar-refractivity contribution >= 4 is 0 Å². The standard InChI is InChI=1S/C37H62O30/c38-2-1-8-26-14(44)20(50)32(56-8)63-27-9(3-39)58-34(22(52)16(27)46)65-29-11(5-41)60-36(24(54)18(29)48)67-31-13(7-43)61-37(25(55)19(31)49)66-30-12(6-42)59-35(23(53)17(30)47)64-28-10(4-40)57-33(62-26)21(51)15(28)45/h8-55H,1-7H2/t8-,9-,10-,11-,12-,13-,14-,15-,16-,17-,18-,19-,20-,21-,22-,23-,24-,25-,26?,27?,28?,29?,30?,31?,32?,33?,34?,35?,36?,37?/m1/s1. The molecule has 30 nitrogen and oxygen atoms in total. The Labute approximate surface area is 378 Å². The Balaban J connectivity index is 1.20. The fourth-order valence-electron chi connectivity index (χ4n) is 9.14. The zero-order valence-electron chi connectivity index (χ0n) is 35.2. The van der Waals surface area contributed by atoms with Crippen molar-refractivity contribution < 1.29 is 149 Å². The van der Waals surface area contributed by atoms with Crippen LogP contribution in [0.1, 0.15) is 6.42 Å². The second kappa shape index (κ2) is 22.7. The molecule has 67 heavy (non-hydrogen) atoms. The zero-order valence-corrected chi connectivity index (χ0v) is 35.2. The average molecular weight is 987 g/mol. The van der Waals surface area contributed by atoms with Crippen molar-refractivity contribution in [2.75, 3.05) is 39.6 Å². The fraction of sp³-hybridized carbons (Fsp3) is 1.00. The summed E-state index contributed by atoms with van der Waals surface area (Å²) in [7, 11) is 0. The van der Waals surface area contributed by atoms with Gasteiger partial charge in [0.25, 0.3) is 0 Å². The molecule has 0 radical (unpaired) electrons. The van der Waals surface area contributed by atoms with E-state index < -0.39 is 224 Å². The van der Waals surface area contributed by atoms with Gasteiger partial charge in [-0.25, -0.2) is 0 Å². The Bertz CT molecular complexity index is 1530. The van der Waals surface area contributed by atoms with E-state index in [1.807, 2.05) is 0 Å². The van der Waals surface area contributed by atoms with Crippen molar-refractivity contribution in [1.29, 1.82) is 0 Å². The van der Waals surface area contributed by atoms with Gasteiger partial charge in [0.1, 0.15) is 140 Å². The second-order valence-electron chi connectivity index (χ2n) is 17.2. The van der Waals surface area contributed by atoms with Gasteiger partial charge in [0.15, 0.2) is 37.7 Å². The molecule has 22 rings (SSSR count). The van der Waals surface area contributed by atoms with Crippen LogP contribution in [0.3, 0.4) is 0 Å². The van der Waals surface area contributed by atoms with Crippen LogP contribution >= 0.6 is 0 Å². The summed E-state index contributed by atoms with van der Waals surface area (Å²) >= 11 is 0. The second-order valence-corrected chi connectivity index (χ2v) is 17.2. The molecule has 0 amide bonds. The summed E-state index contributed by atoms with van der Waals surface area (Å²) < 4.78 is 68.4. The summed E-state index contributed by atoms with van der Waals surface area (Å²) in [4.78, 5) is 0. The fourth-order valence-corrected chi connectivity index (χ4v) is 9.14. The Morgan fingerprint density at radius 3 is 0.537 bits per heavy atom. The predicted octanol–water partition coefficient (Wildman–Crippen LogP) is -12.7. The molecule has 22 fully saturated rings. The molecule has 22 saturated heterocycles. The van der Waals surface area contributed by atoms with Gasteiger partial charge in [-0.2, -0.15) is 0 Å². The lowest BCUT2D eigenvalue weighted by atomic mass is 9.94. The molecule has 22 heterocycles. The molecule has 18 N–H and O–H groups in total. The minimum Gasteiger partial charge on any atom is -0.396 e. The first-order valence-corrected chi connectivity index (χ1v) is 21.6. The molecule has 390 valence electrons. The van der Waals surface area contributed by atoms with Gasteiger partial charge in [-0.1, -0.05) is 0 Å². The van der Waals surface area contributed by atoms with Crippen LogP contribution < -0.4 is 0 Å². The third-order valence-corrected chi connectivity index (χ3v) is 12.9. The number of aliphatic hydroxyl groups excluding tert-OH is 18. The molecule has 0 aromatic carbocycles. The van der Waals surface area contributed by atoms with Gasteiger partial charge in [-0.05, 0) is 6.42 Å². The molecule has 0 aromatic rings. The van der Waals surface area contributed by atoms with Crippen LogP contribution in [0, 0.1) is 0 Å². The highest BCUT2D eigenvalue weighted by Crippen LogP contribution is 2.38. The normalized spacial score (nSPS) is 54.7. The molecular formula is C37H62O30. The number of rotatable bonds is 7. The summed E-state index contributed by atoms with van der Waals surface area (Å²) in [6.07, 6.45) is -58.2. The van der Waals surface area contributed by atoms with Gasteiger partial charge in [-0.3, -0.25) is 0 Å². The van der Waals surface area contributed by atoms with Crippen LogP contribution in [-0.4, -0.2) is 316 Å². The number of aliphatic hydroxyl groups is 18. The van der Waals surface area contributed by atoms with Crippen LogP contribution in [-0.2, 0) is 56.8 Å². The van der Waals surface area contributed by atoms with Gasteiger partial charge in [0.05, 0.1) is 39.1 Å². The topological polar surface area (TPSA) is 475 Å². The van der Waals surface area contributed by atoms with Crippen molar-refractivity contribution in [2.45, 2.75) is 191 Å². The number of hydrogen-bond acceptors (Lipinski definition) is 30. The zero-order chi connectivity index (χ0) is 48.8. The Morgan fingerprint density at radius 1 is 0.209 bits per heavy atom. The van der Waals surface area contributed by atoms with Crippen molar-refractivity contribution in [1.82, 2.24) is 0 Å². The van der Waals surface area contributed by atoms with E-state index in [2.05, 4.69) is 0 Å². The Kier molecular flexibility index (Phi) is 18.2. The van der Waals surface area contributed by atoms with Crippen LogP contribution in [0.4, 0.5) is 0 Å². The highest BCUT2D eigenvalue weighted by molar-refractivity contribution is 5.01. The third-order valence-electron chi connectivity index (χ3n) is 12.9. The molecule has 0 saturated carbocycles. The highest BCUT2D eigenvalue weighted by atomic mass is 16.8. The van der Waals surface area contributed by atoms with E-state index in [1.165, 1.54) is 0 Å². The van der Waals surface area contributed by atoms with Crippen LogP contribution in [0.15, 0.2) is 0 Å². The van der Waals surface area contributed by atoms with Crippen LogP contribution in [0.5, 0.6) is 0 Å². The summed E-state index contributed by atoms with van der Waals surface area (Å²) in [6, 6.07) is 0. The molecule has 22 aliphatic rings. The highest BCUT2D eigenvalue weighted by Gasteiger charge is 2.58. The quantitative estimate of drug-likeness (QED) is 0.113. The van der Waals surface area contributed by atoms with Gasteiger partial charge in [0, 0.05) is 6.61 Å². The minimum absolute atomic E-state index is 0.374. The third kappa shape index (κ3) is 10.5. The van der Waals surface area contributed by atoms with E-state index in [-0.39, 0.29) is 6.42 Å². The van der Waals surface area contributed by atoms with E-state index in [0.29, 0.717) is 0 Å². The molecule has 22 aliphatic heterocycles. The van der Waals surface area contributed by atoms with E-state index in [1.54, 1.807) is 0 Å². The van der Waals surface area contributed by atoms with E-state index in [4.69, 9.17) is 56.8 Å². The maximum absolute atomic E-state index is 11.3. The van der Waals surface area contributed by atoms with Gasteiger partial charge >= 0.3 is 0 Å². The summed E-state index contributed by atoms with van der Waals surface area (Å²) in [5, 5.41) is 196. The largest absolute Gasteiger partial charge is 0.396 e. The monoisotopic (exact) mass is 986 g/mol. The smallest absolute Gasteiger partial charge is 0.187 e. The molecule has 0 aromatic heterocycles. The van der Waals surface area contributed by atoms with Gasteiger partial charge in [-0.15, -0.1) is 0 Å². The van der Waals surface area contributed by atoms with Crippen molar-refractivity contribution in [2.24, 2.45) is 0 Å². The number of hydrogen-bond donors (Lipinski definition) is 18. The van der Waals surface area contributed by atoms with Crippen LogP contribution in [0.2, 0.25) is 0 Å². The Morgan fingerprint density at radius 2 is 0.373 bits per heavy atom. The van der Waals surface area contributed by atoms with E-state index in [0.717, 1.165) is 0 Å². The van der Waals surface area contributed by atoms with Crippen molar-refractivity contribution in [3.05, 3.63) is 0 Å². The van der Waals surface area contributed by atoms with Gasteiger partial charge < -0.3 is 149 Å². The summed E-state index contributed by atoms with van der Waals surface area (Å²) in [5.74, 6) is 0. The molecule has 30 heteroatoms. The van der Waals surface area contributed by atoms with E-state index >= 15 is 0 Å². The SMILES string of the molecule is OCC[C@H]1OC2OC3[C@@H](CO)OC(OC4[C@@H](CO)OC(OC5[C@@H](CO)OC(OC6[C@@H](CO)OC(OC7[C@@H](CO)OC(OC1[C@H](O)[C@H]2O)[C@H](O)[C@H]7O)[C@H](O)[C@H]6O)[C@H](O)[C@H]5O)[C@H](O)[C@H]4O)[C@H](O)[C@H]3O. The molecule has 0 spiro atoms. The van der Waals surface area contributed by atoms with Crippen LogP contribution in [0.25, 0.3) is 0 Å². The maximum atomic E-state index is 11.3. The molecule has 0 aliphatic carbocycles. The lowest BCUT2D eigenvalue weighted by Gasteiger charge is -2.50. The first kappa shape index (κ1) is 53.6. The average Bonchev–Trinajstić information content (AvgIpc) is 3.32. The summed E-state index contributed by atoms with van der Waals surface area (Å²) in [6.45, 7) is -5.62.